The molecule has 0 amide bonds. The molecule has 2 atom stereocenters. The van der Waals surface area contributed by atoms with Gasteiger partial charge in [0.15, 0.2) is 0 Å². The summed E-state index contributed by atoms with van der Waals surface area (Å²) in [5.41, 5.74) is 0.194. The molecule has 0 bridgehead atoms. The Morgan fingerprint density at radius 3 is 2.35 bits per heavy atom. The molecule has 8 nitrogen and oxygen atoms in total. The van der Waals surface area contributed by atoms with Gasteiger partial charge >= 0.3 is 15.2 Å². The molecule has 0 aliphatic rings. The highest BCUT2D eigenvalue weighted by Crippen LogP contribution is 2.71. The molecule has 20 heavy (non-hydrogen) atoms. The van der Waals surface area contributed by atoms with E-state index >= 15 is 0 Å². The van der Waals surface area contributed by atoms with Crippen LogP contribution in [0.2, 0.25) is 0 Å². The van der Waals surface area contributed by atoms with Crippen LogP contribution in [-0.2, 0) is 20.1 Å². The van der Waals surface area contributed by atoms with Gasteiger partial charge < -0.3 is 24.3 Å². The Balaban J connectivity index is 3.24. The van der Waals surface area contributed by atoms with Gasteiger partial charge in [-0.3, -0.25) is 14.1 Å². The van der Waals surface area contributed by atoms with Crippen LogP contribution in [0, 0.1) is 0 Å². The third kappa shape index (κ3) is 3.74. The summed E-state index contributed by atoms with van der Waals surface area (Å²) in [6.07, 6.45) is 1.10. The maximum Gasteiger partial charge on any atom is 0.372 e. The first-order valence-electron chi connectivity index (χ1n) is 5.68. The van der Waals surface area contributed by atoms with E-state index in [2.05, 4.69) is 9.51 Å². The smallest absolute Gasteiger partial charge is 0.367 e. The van der Waals surface area contributed by atoms with Crippen LogP contribution in [0.5, 0.6) is 0 Å². The molecule has 0 aromatic carbocycles. The Kier molecular flexibility index (Phi) is 5.27. The van der Waals surface area contributed by atoms with Crippen molar-refractivity contribution in [3.63, 3.8) is 0 Å². The van der Waals surface area contributed by atoms with Crippen molar-refractivity contribution in [2.24, 2.45) is 0 Å². The molecule has 0 radical (unpaired) electrons. The van der Waals surface area contributed by atoms with E-state index in [0.717, 1.165) is 0 Å². The number of hydrogen-bond donors (Lipinski definition) is 4. The predicted molar refractivity (Wildman–Crippen MR) is 71.0 cm³/mol. The highest BCUT2D eigenvalue weighted by molar-refractivity contribution is 7.72. The van der Waals surface area contributed by atoms with Gasteiger partial charge in [0, 0.05) is 18.8 Å². The summed E-state index contributed by atoms with van der Waals surface area (Å²) in [7, 11) is -10.3. The van der Waals surface area contributed by atoms with Crippen molar-refractivity contribution in [3.8, 4) is 0 Å². The quantitative estimate of drug-likeness (QED) is 0.570. The fourth-order valence-electron chi connectivity index (χ4n) is 1.51. The third-order valence-corrected chi connectivity index (χ3v) is 6.84. The van der Waals surface area contributed by atoms with Gasteiger partial charge in [0.05, 0.1) is 6.10 Å². The lowest BCUT2D eigenvalue weighted by molar-refractivity contribution is 0.102. The van der Waals surface area contributed by atoms with E-state index in [0.29, 0.717) is 0 Å². The summed E-state index contributed by atoms with van der Waals surface area (Å²) in [6, 6.07) is 2.89. The van der Waals surface area contributed by atoms with E-state index < -0.39 is 32.8 Å². The van der Waals surface area contributed by atoms with E-state index in [1.807, 2.05) is 0 Å². The lowest BCUT2D eigenvalue weighted by atomic mass is 10.2. The molecular formula is C10H17NO7P2. The number of pyridine rings is 1. The van der Waals surface area contributed by atoms with Crippen LogP contribution in [0.3, 0.4) is 0 Å². The summed E-state index contributed by atoms with van der Waals surface area (Å²) in [5.74, 6) is 0. The van der Waals surface area contributed by atoms with E-state index in [9.17, 15) is 28.9 Å². The van der Waals surface area contributed by atoms with Gasteiger partial charge in [-0.25, -0.2) is 0 Å². The zero-order valence-electron chi connectivity index (χ0n) is 10.9. The SMILES string of the molecule is CC(C)OP(=O)(O)C(O)(Cc1cccnc1)P(=O)(O)O. The van der Waals surface area contributed by atoms with E-state index in [1.165, 1.54) is 38.4 Å². The first kappa shape index (κ1) is 17.5. The van der Waals surface area contributed by atoms with Crippen LogP contribution in [0.15, 0.2) is 24.5 Å². The third-order valence-electron chi connectivity index (χ3n) is 2.44. The molecule has 1 aromatic rings. The van der Waals surface area contributed by atoms with Crippen LogP contribution in [0.25, 0.3) is 0 Å². The van der Waals surface area contributed by atoms with E-state index in [4.69, 9.17) is 0 Å². The number of nitrogens with zero attached hydrogens (tertiary/aromatic N) is 1. The maximum absolute atomic E-state index is 12.1. The molecule has 1 aromatic heterocycles. The summed E-state index contributed by atoms with van der Waals surface area (Å²) < 4.78 is 28.2. The van der Waals surface area contributed by atoms with Gasteiger partial charge in [0.1, 0.15) is 0 Å². The van der Waals surface area contributed by atoms with Crippen molar-refractivity contribution in [3.05, 3.63) is 30.1 Å². The normalized spacial score (nSPS) is 18.6. The molecule has 1 rings (SSSR count). The molecule has 2 unspecified atom stereocenters. The van der Waals surface area contributed by atoms with Crippen LogP contribution in [-0.4, -0.2) is 36.0 Å². The molecule has 0 aliphatic carbocycles. The number of aliphatic hydroxyl groups is 1. The molecule has 10 heteroatoms. The number of rotatable bonds is 6. The second kappa shape index (κ2) is 6.03. The molecule has 114 valence electrons. The van der Waals surface area contributed by atoms with Crippen LogP contribution in [0.4, 0.5) is 0 Å². The second-order valence-electron chi connectivity index (χ2n) is 4.53. The van der Waals surface area contributed by atoms with E-state index in [1.54, 1.807) is 0 Å². The summed E-state index contributed by atoms with van der Waals surface area (Å²) >= 11 is 0. The van der Waals surface area contributed by atoms with E-state index in [-0.39, 0.29) is 5.56 Å². The lowest BCUT2D eigenvalue weighted by Gasteiger charge is -2.32. The Bertz CT molecular complexity index is 544. The van der Waals surface area contributed by atoms with Crippen LogP contribution >= 0.6 is 15.2 Å². The van der Waals surface area contributed by atoms with Crippen molar-refractivity contribution in [2.75, 3.05) is 0 Å². The number of hydrogen-bond acceptors (Lipinski definition) is 5. The molecule has 0 spiro atoms. The standard InChI is InChI=1S/C10H17NO7P2/c1-8(2)18-20(16,17)10(12,19(13,14)15)6-9-4-3-5-11-7-9/h3-5,7-8,12H,6H2,1-2H3,(H,16,17)(H2,13,14,15). The zero-order valence-corrected chi connectivity index (χ0v) is 12.7. The van der Waals surface area contributed by atoms with Crippen molar-refractivity contribution in [2.45, 2.75) is 31.5 Å². The van der Waals surface area contributed by atoms with Gasteiger partial charge in [-0.15, -0.1) is 0 Å². The molecule has 0 aliphatic heterocycles. The maximum atomic E-state index is 12.1. The zero-order chi connectivity index (χ0) is 15.6. The van der Waals surface area contributed by atoms with Crippen molar-refractivity contribution < 1.29 is 33.4 Å². The van der Waals surface area contributed by atoms with Gasteiger partial charge in [-0.05, 0) is 25.5 Å². The lowest BCUT2D eigenvalue weighted by Crippen LogP contribution is -2.33. The summed E-state index contributed by atoms with van der Waals surface area (Å²) in [5, 5.41) is 6.93. The first-order chi connectivity index (χ1) is 8.99. The topological polar surface area (TPSA) is 137 Å². The van der Waals surface area contributed by atoms with Crippen molar-refractivity contribution >= 4 is 15.2 Å². The Morgan fingerprint density at radius 1 is 1.35 bits per heavy atom. The van der Waals surface area contributed by atoms with Gasteiger partial charge in [0.25, 0.3) is 5.08 Å². The first-order valence-corrected chi connectivity index (χ1v) is 8.87. The molecule has 1 heterocycles. The molecule has 0 fully saturated rings. The van der Waals surface area contributed by atoms with Crippen molar-refractivity contribution in [1.29, 1.82) is 0 Å². The minimum atomic E-state index is -5.34. The highest BCUT2D eigenvalue weighted by atomic mass is 31.2. The fraction of sp³-hybridized carbons (Fsp3) is 0.500. The largest absolute Gasteiger partial charge is 0.372 e. The van der Waals surface area contributed by atoms with Gasteiger partial charge in [0.2, 0.25) is 0 Å². The van der Waals surface area contributed by atoms with Crippen LogP contribution in [0.1, 0.15) is 19.4 Å². The highest BCUT2D eigenvalue weighted by Gasteiger charge is 2.61. The molecular weight excluding hydrogens is 308 g/mol. The average molecular weight is 325 g/mol. The summed E-state index contributed by atoms with van der Waals surface area (Å²) in [6.45, 7) is 2.82. The Labute approximate surface area is 116 Å². The summed E-state index contributed by atoms with van der Waals surface area (Å²) in [4.78, 5) is 32.0. The minimum Gasteiger partial charge on any atom is -0.367 e. The average Bonchev–Trinajstić information content (AvgIpc) is 2.26. The Morgan fingerprint density at radius 2 is 1.95 bits per heavy atom. The Hall–Kier alpha value is -0.590. The van der Waals surface area contributed by atoms with Gasteiger partial charge in [-0.1, -0.05) is 6.07 Å². The molecule has 0 saturated carbocycles. The second-order valence-corrected chi connectivity index (χ2v) is 8.70. The number of aromatic nitrogens is 1. The monoisotopic (exact) mass is 325 g/mol. The minimum absolute atomic E-state index is 0.194. The van der Waals surface area contributed by atoms with Crippen molar-refractivity contribution in [1.82, 2.24) is 4.98 Å². The predicted octanol–water partition coefficient (Wildman–Crippen LogP) is 1.06. The van der Waals surface area contributed by atoms with Crippen LogP contribution < -0.4 is 0 Å². The fourth-order valence-corrected chi connectivity index (χ4v) is 4.48. The molecule has 0 saturated heterocycles. The molecule has 4 N–H and O–H groups in total. The van der Waals surface area contributed by atoms with Gasteiger partial charge in [-0.2, -0.15) is 0 Å².